The topological polar surface area (TPSA) is 12.0 Å². The summed E-state index contributed by atoms with van der Waals surface area (Å²) in [6, 6.07) is 0. The zero-order valence-corrected chi connectivity index (χ0v) is 12.1. The fourth-order valence-electron chi connectivity index (χ4n) is 3.08. The van der Waals surface area contributed by atoms with Crippen LogP contribution in [0.25, 0.3) is 0 Å². The van der Waals surface area contributed by atoms with E-state index in [0.29, 0.717) is 0 Å². The van der Waals surface area contributed by atoms with Crippen LogP contribution in [-0.2, 0) is 0 Å². The normalized spacial score (nSPS) is 20.6. The van der Waals surface area contributed by atoms with E-state index in [-0.39, 0.29) is 0 Å². The Morgan fingerprint density at radius 1 is 0.929 bits per heavy atom. The van der Waals surface area contributed by atoms with Crippen LogP contribution < -0.4 is 4.98 Å². The summed E-state index contributed by atoms with van der Waals surface area (Å²) in [7, 11) is 0.881. The summed E-state index contributed by atoms with van der Waals surface area (Å²) in [5.41, 5.74) is 2.59. The highest BCUT2D eigenvalue weighted by Crippen LogP contribution is 2.42. The second-order valence-corrected chi connectivity index (χ2v) is 10.4. The van der Waals surface area contributed by atoms with Gasteiger partial charge in [0, 0.05) is 0 Å². The van der Waals surface area contributed by atoms with E-state index in [2.05, 4.69) is 53.6 Å². The van der Waals surface area contributed by atoms with E-state index in [1.54, 1.807) is 0 Å². The van der Waals surface area contributed by atoms with Gasteiger partial charge in [-0.1, -0.05) is 54.4 Å². The Kier molecular flexibility index (Phi) is 5.99. The lowest BCUT2D eigenvalue weighted by Gasteiger charge is -2.44. The molecule has 0 aromatic heterocycles. The highest BCUT2D eigenvalue weighted by atomic mass is 28.3. The third kappa shape index (κ3) is 2.40. The summed E-state index contributed by atoms with van der Waals surface area (Å²) >= 11 is 0. The molecule has 0 rings (SSSR count). The summed E-state index contributed by atoms with van der Waals surface area (Å²) in [6.45, 7) is 14.3. The molecule has 1 nitrogen and oxygen atoms in total. The molecule has 0 aromatic carbocycles. The van der Waals surface area contributed by atoms with E-state index >= 15 is 0 Å². The molecule has 0 aliphatic carbocycles. The average Bonchev–Trinajstić information content (AvgIpc) is 2.18. The fraction of sp³-hybridized carbons (Fsp3) is 1.00. The fourth-order valence-corrected chi connectivity index (χ4v) is 9.24. The van der Waals surface area contributed by atoms with Crippen LogP contribution >= 0.6 is 0 Å². The van der Waals surface area contributed by atoms with Crippen molar-refractivity contribution in [2.75, 3.05) is 7.05 Å². The van der Waals surface area contributed by atoms with Crippen molar-refractivity contribution in [2.45, 2.75) is 71.0 Å². The molecule has 86 valence electrons. The maximum absolute atomic E-state index is 3.76. The Hall–Kier alpha value is 0.177. The Morgan fingerprint density at radius 2 is 1.29 bits per heavy atom. The first kappa shape index (κ1) is 14.2. The average molecular weight is 215 g/mol. The van der Waals surface area contributed by atoms with Crippen LogP contribution in [0.1, 0.15) is 54.4 Å². The Bertz CT molecular complexity index is 146. The quantitative estimate of drug-likeness (QED) is 0.656. The maximum Gasteiger partial charge on any atom is 0.133 e. The van der Waals surface area contributed by atoms with Gasteiger partial charge in [-0.2, -0.15) is 0 Å². The first-order valence-electron chi connectivity index (χ1n) is 6.16. The molecule has 0 saturated carbocycles. The predicted molar refractivity (Wildman–Crippen MR) is 69.3 cm³/mol. The van der Waals surface area contributed by atoms with Crippen molar-refractivity contribution in [3.8, 4) is 0 Å². The van der Waals surface area contributed by atoms with E-state index in [4.69, 9.17) is 0 Å². The highest BCUT2D eigenvalue weighted by molar-refractivity contribution is 6.81. The minimum atomic E-state index is -1.30. The molecular weight excluding hydrogens is 186 g/mol. The van der Waals surface area contributed by atoms with Crippen molar-refractivity contribution in [3.05, 3.63) is 0 Å². The van der Waals surface area contributed by atoms with Crippen LogP contribution in [0, 0.1) is 0 Å². The molecule has 0 heterocycles. The Morgan fingerprint density at radius 3 is 1.43 bits per heavy atom. The van der Waals surface area contributed by atoms with Crippen molar-refractivity contribution in [1.82, 2.24) is 4.98 Å². The maximum atomic E-state index is 3.76. The summed E-state index contributed by atoms with van der Waals surface area (Å²) in [5.74, 6) is 0. The zero-order valence-electron chi connectivity index (χ0n) is 11.1. The van der Waals surface area contributed by atoms with Crippen LogP contribution in [0.4, 0.5) is 0 Å². The summed E-state index contributed by atoms with van der Waals surface area (Å²) in [4.78, 5) is 3.76. The van der Waals surface area contributed by atoms with E-state index < -0.39 is 8.24 Å². The molecule has 0 amide bonds. The van der Waals surface area contributed by atoms with E-state index in [9.17, 15) is 0 Å². The SMILES string of the molecule is CCC(C)[Si](NC)(C(C)C)C(C)CC. The molecular formula is C12H29NSi. The molecule has 14 heavy (non-hydrogen) atoms. The van der Waals surface area contributed by atoms with Gasteiger partial charge in [-0.15, -0.1) is 0 Å². The molecule has 0 aliphatic rings. The monoisotopic (exact) mass is 215 g/mol. The molecule has 2 atom stereocenters. The third-order valence-electron chi connectivity index (χ3n) is 4.24. The van der Waals surface area contributed by atoms with Crippen LogP contribution in [0.15, 0.2) is 0 Å². The minimum Gasteiger partial charge on any atom is -0.339 e. The standard InChI is InChI=1S/C12H29NSi/c1-8-11(5)14(13-7,10(3)4)12(6)9-2/h10-13H,8-9H2,1-7H3. The number of hydrogen-bond acceptors (Lipinski definition) is 1. The first-order valence-corrected chi connectivity index (χ1v) is 8.39. The highest BCUT2D eigenvalue weighted by Gasteiger charge is 2.43. The Balaban J connectivity index is 4.97. The van der Waals surface area contributed by atoms with Crippen LogP contribution in [0.2, 0.25) is 16.6 Å². The van der Waals surface area contributed by atoms with Crippen LogP contribution in [0.3, 0.4) is 0 Å². The van der Waals surface area contributed by atoms with Gasteiger partial charge in [0.2, 0.25) is 0 Å². The molecule has 0 bridgehead atoms. The predicted octanol–water partition coefficient (Wildman–Crippen LogP) is 4.16. The van der Waals surface area contributed by atoms with Crippen LogP contribution in [0.5, 0.6) is 0 Å². The van der Waals surface area contributed by atoms with Gasteiger partial charge >= 0.3 is 0 Å². The van der Waals surface area contributed by atoms with Gasteiger partial charge in [0.05, 0.1) is 0 Å². The van der Waals surface area contributed by atoms with Gasteiger partial charge in [0.15, 0.2) is 0 Å². The molecule has 0 radical (unpaired) electrons. The summed E-state index contributed by atoms with van der Waals surface area (Å²) in [5, 5.41) is 0. The lowest BCUT2D eigenvalue weighted by atomic mass is 10.3. The molecule has 0 saturated heterocycles. The number of rotatable bonds is 6. The lowest BCUT2D eigenvalue weighted by Crippen LogP contribution is -2.57. The second-order valence-electron chi connectivity index (χ2n) is 4.96. The summed E-state index contributed by atoms with van der Waals surface area (Å²) in [6.07, 6.45) is 2.63. The van der Waals surface area contributed by atoms with Crippen molar-refractivity contribution in [1.29, 1.82) is 0 Å². The van der Waals surface area contributed by atoms with Gasteiger partial charge in [-0.05, 0) is 23.7 Å². The van der Waals surface area contributed by atoms with Crippen molar-refractivity contribution in [2.24, 2.45) is 0 Å². The smallest absolute Gasteiger partial charge is 0.133 e. The van der Waals surface area contributed by atoms with E-state index in [1.165, 1.54) is 12.8 Å². The van der Waals surface area contributed by atoms with Crippen molar-refractivity contribution < 1.29 is 0 Å². The zero-order chi connectivity index (χ0) is 11.4. The van der Waals surface area contributed by atoms with E-state index in [0.717, 1.165) is 16.6 Å². The Labute approximate surface area is 91.8 Å². The van der Waals surface area contributed by atoms with Crippen molar-refractivity contribution >= 4 is 8.24 Å². The lowest BCUT2D eigenvalue weighted by molar-refractivity contribution is 0.685. The molecule has 2 unspecified atom stereocenters. The first-order chi connectivity index (χ1) is 6.47. The molecule has 0 aromatic rings. The van der Waals surface area contributed by atoms with Gasteiger partial charge < -0.3 is 4.98 Å². The van der Waals surface area contributed by atoms with Crippen LogP contribution in [-0.4, -0.2) is 15.3 Å². The summed E-state index contributed by atoms with van der Waals surface area (Å²) < 4.78 is 0. The molecule has 0 fully saturated rings. The van der Waals surface area contributed by atoms with E-state index in [1.807, 2.05) is 0 Å². The number of nitrogens with one attached hydrogen (secondary N) is 1. The van der Waals surface area contributed by atoms with Gasteiger partial charge in [0.1, 0.15) is 8.24 Å². The molecule has 0 aliphatic heterocycles. The largest absolute Gasteiger partial charge is 0.339 e. The van der Waals surface area contributed by atoms with Crippen molar-refractivity contribution in [3.63, 3.8) is 0 Å². The van der Waals surface area contributed by atoms with Gasteiger partial charge in [-0.25, -0.2) is 0 Å². The van der Waals surface area contributed by atoms with Gasteiger partial charge in [-0.3, -0.25) is 0 Å². The molecule has 0 spiro atoms. The number of hydrogen-bond donors (Lipinski definition) is 1. The molecule has 2 heteroatoms. The van der Waals surface area contributed by atoms with Gasteiger partial charge in [0.25, 0.3) is 0 Å². The molecule has 1 N–H and O–H groups in total. The second kappa shape index (κ2) is 5.91. The third-order valence-corrected chi connectivity index (χ3v) is 11.1. The minimum absolute atomic E-state index is 0.831.